The Hall–Kier alpha value is -0.670. The van der Waals surface area contributed by atoms with E-state index in [4.69, 9.17) is 16.6 Å². The molecule has 0 unspecified atom stereocenters. The van der Waals surface area contributed by atoms with Crippen LogP contribution in [0.1, 0.15) is 32.1 Å². The lowest BCUT2D eigenvalue weighted by Gasteiger charge is -2.38. The van der Waals surface area contributed by atoms with Crippen molar-refractivity contribution in [2.45, 2.75) is 32.1 Å². The monoisotopic (exact) mass is 294 g/mol. The van der Waals surface area contributed by atoms with Crippen molar-refractivity contribution in [3.05, 3.63) is 29.3 Å². The minimum absolute atomic E-state index is 0.481. The zero-order chi connectivity index (χ0) is 13.1. The maximum absolute atomic E-state index is 6.16. The Morgan fingerprint density at radius 2 is 1.95 bits per heavy atom. The van der Waals surface area contributed by atoms with Crippen LogP contribution in [0.3, 0.4) is 0 Å². The van der Waals surface area contributed by atoms with Gasteiger partial charge in [0.25, 0.3) is 0 Å². The maximum atomic E-state index is 6.16. The van der Waals surface area contributed by atoms with Gasteiger partial charge in [-0.3, -0.25) is 4.99 Å². The summed E-state index contributed by atoms with van der Waals surface area (Å²) in [6.07, 6.45) is 6.86. The molecule has 1 saturated carbocycles. The average Bonchev–Trinajstić information content (AvgIpc) is 2.45. The third kappa shape index (κ3) is 3.09. The van der Waals surface area contributed by atoms with Crippen molar-refractivity contribution < 1.29 is 0 Å². The number of amidine groups is 1. The van der Waals surface area contributed by atoms with Crippen molar-refractivity contribution in [2.75, 3.05) is 17.6 Å². The molecule has 1 aliphatic carbocycles. The SMILES string of the molecule is Clc1ccccc1NC1=NCC2(CCCCC2)CS1. The van der Waals surface area contributed by atoms with Crippen molar-refractivity contribution in [3.63, 3.8) is 0 Å². The van der Waals surface area contributed by atoms with E-state index in [9.17, 15) is 0 Å². The van der Waals surface area contributed by atoms with Gasteiger partial charge < -0.3 is 5.32 Å². The highest BCUT2D eigenvalue weighted by Crippen LogP contribution is 2.42. The molecule has 1 aromatic rings. The second kappa shape index (κ2) is 5.76. The first-order chi connectivity index (χ1) is 9.27. The third-order valence-corrected chi connectivity index (χ3v) is 5.69. The number of benzene rings is 1. The standard InChI is InChI=1S/C15H19ClN2S/c16-12-6-2-3-7-13(12)18-14-17-10-15(11-19-14)8-4-1-5-9-15/h2-3,6-7H,1,4-5,8-11H2,(H,17,18). The van der Waals surface area contributed by atoms with Crippen LogP contribution in [0.25, 0.3) is 0 Å². The van der Waals surface area contributed by atoms with E-state index in [1.807, 2.05) is 36.0 Å². The van der Waals surface area contributed by atoms with Crippen molar-refractivity contribution in [1.82, 2.24) is 0 Å². The quantitative estimate of drug-likeness (QED) is 0.804. The van der Waals surface area contributed by atoms with Gasteiger partial charge >= 0.3 is 0 Å². The van der Waals surface area contributed by atoms with E-state index in [-0.39, 0.29) is 0 Å². The molecule has 1 aromatic carbocycles. The van der Waals surface area contributed by atoms with E-state index in [0.717, 1.165) is 22.4 Å². The smallest absolute Gasteiger partial charge is 0.161 e. The van der Waals surface area contributed by atoms with Crippen LogP contribution in [0.15, 0.2) is 29.3 Å². The van der Waals surface area contributed by atoms with Crippen LogP contribution < -0.4 is 5.32 Å². The van der Waals surface area contributed by atoms with Gasteiger partial charge in [-0.05, 0) is 30.4 Å². The summed E-state index contributed by atoms with van der Waals surface area (Å²) in [6, 6.07) is 7.84. The van der Waals surface area contributed by atoms with Crippen LogP contribution in [-0.4, -0.2) is 17.5 Å². The van der Waals surface area contributed by atoms with Gasteiger partial charge in [0.2, 0.25) is 0 Å². The van der Waals surface area contributed by atoms with E-state index < -0.39 is 0 Å². The van der Waals surface area contributed by atoms with Gasteiger partial charge in [0.1, 0.15) is 0 Å². The number of hydrogen-bond acceptors (Lipinski definition) is 3. The molecule has 0 amide bonds. The van der Waals surface area contributed by atoms with Gasteiger partial charge in [0, 0.05) is 12.3 Å². The first-order valence-electron chi connectivity index (χ1n) is 6.96. The molecule has 2 aliphatic rings. The second-order valence-electron chi connectivity index (χ2n) is 5.58. The van der Waals surface area contributed by atoms with Gasteiger partial charge in [0.05, 0.1) is 10.7 Å². The number of hydrogen-bond donors (Lipinski definition) is 1. The highest BCUT2D eigenvalue weighted by Gasteiger charge is 2.34. The van der Waals surface area contributed by atoms with E-state index in [1.54, 1.807) is 0 Å². The predicted octanol–water partition coefficient (Wildman–Crippen LogP) is 4.81. The van der Waals surface area contributed by atoms with Gasteiger partial charge in [0.15, 0.2) is 5.17 Å². The molecular formula is C15H19ClN2S. The van der Waals surface area contributed by atoms with Crippen LogP contribution in [-0.2, 0) is 0 Å². The molecule has 4 heteroatoms. The topological polar surface area (TPSA) is 24.4 Å². The van der Waals surface area contributed by atoms with Crippen molar-refractivity contribution >= 4 is 34.2 Å². The lowest BCUT2D eigenvalue weighted by Crippen LogP contribution is -2.35. The molecule has 102 valence electrons. The number of nitrogens with zero attached hydrogens (tertiary/aromatic N) is 1. The molecule has 0 aromatic heterocycles. The van der Waals surface area contributed by atoms with Gasteiger partial charge in [-0.15, -0.1) is 0 Å². The van der Waals surface area contributed by atoms with Crippen LogP contribution in [0.5, 0.6) is 0 Å². The zero-order valence-corrected chi connectivity index (χ0v) is 12.6. The van der Waals surface area contributed by atoms with Gasteiger partial charge in [-0.2, -0.15) is 0 Å². The molecule has 0 saturated heterocycles. The Morgan fingerprint density at radius 1 is 1.16 bits per heavy atom. The summed E-state index contributed by atoms with van der Waals surface area (Å²) < 4.78 is 0. The number of rotatable bonds is 1. The summed E-state index contributed by atoms with van der Waals surface area (Å²) in [7, 11) is 0. The zero-order valence-electron chi connectivity index (χ0n) is 11.0. The molecule has 2 nitrogen and oxygen atoms in total. The Bertz CT molecular complexity index is 481. The normalized spacial score (nSPS) is 22.1. The first kappa shape index (κ1) is 13.3. The van der Waals surface area contributed by atoms with E-state index >= 15 is 0 Å². The van der Waals surface area contributed by atoms with Crippen LogP contribution in [0, 0.1) is 5.41 Å². The van der Waals surface area contributed by atoms with Crippen LogP contribution in [0.2, 0.25) is 5.02 Å². The number of thioether (sulfide) groups is 1. The first-order valence-corrected chi connectivity index (χ1v) is 8.33. The van der Waals surface area contributed by atoms with Crippen LogP contribution in [0.4, 0.5) is 5.69 Å². The Labute approximate surface area is 124 Å². The summed E-state index contributed by atoms with van der Waals surface area (Å²) >= 11 is 8.01. The number of aliphatic imine (C=N–C) groups is 1. The van der Waals surface area contributed by atoms with E-state index in [2.05, 4.69) is 5.32 Å². The van der Waals surface area contributed by atoms with Gasteiger partial charge in [-0.1, -0.05) is 54.8 Å². The molecule has 3 rings (SSSR count). The molecule has 0 bridgehead atoms. The summed E-state index contributed by atoms with van der Waals surface area (Å²) in [5.74, 6) is 1.20. The highest BCUT2D eigenvalue weighted by molar-refractivity contribution is 8.14. The molecule has 19 heavy (non-hydrogen) atoms. The Morgan fingerprint density at radius 3 is 2.63 bits per heavy atom. The third-order valence-electron chi connectivity index (χ3n) is 4.10. The molecule has 1 aliphatic heterocycles. The highest BCUT2D eigenvalue weighted by atomic mass is 35.5. The summed E-state index contributed by atoms with van der Waals surface area (Å²) in [4.78, 5) is 4.75. The number of anilines is 1. The molecule has 1 N–H and O–H groups in total. The fourth-order valence-electron chi connectivity index (χ4n) is 2.91. The molecule has 1 spiro atoms. The van der Waals surface area contributed by atoms with E-state index in [1.165, 1.54) is 37.9 Å². The maximum Gasteiger partial charge on any atom is 0.161 e. The predicted molar refractivity (Wildman–Crippen MR) is 85.4 cm³/mol. The fraction of sp³-hybridized carbons (Fsp3) is 0.533. The minimum atomic E-state index is 0.481. The lowest BCUT2D eigenvalue weighted by atomic mass is 9.75. The fourth-order valence-corrected chi connectivity index (χ4v) is 4.25. The largest absolute Gasteiger partial charge is 0.334 e. The molecule has 0 radical (unpaired) electrons. The van der Waals surface area contributed by atoms with Crippen molar-refractivity contribution in [1.29, 1.82) is 0 Å². The average molecular weight is 295 g/mol. The Kier molecular flexibility index (Phi) is 4.04. The minimum Gasteiger partial charge on any atom is -0.334 e. The number of para-hydroxylation sites is 1. The number of halogens is 1. The lowest BCUT2D eigenvalue weighted by molar-refractivity contribution is 0.232. The summed E-state index contributed by atoms with van der Waals surface area (Å²) in [6.45, 7) is 0.979. The molecule has 0 atom stereocenters. The summed E-state index contributed by atoms with van der Waals surface area (Å²) in [5.41, 5.74) is 1.43. The Balaban J connectivity index is 1.66. The van der Waals surface area contributed by atoms with Crippen LogP contribution >= 0.6 is 23.4 Å². The molecule has 1 heterocycles. The second-order valence-corrected chi connectivity index (χ2v) is 6.95. The van der Waals surface area contributed by atoms with Gasteiger partial charge in [-0.25, -0.2) is 0 Å². The number of nitrogens with one attached hydrogen (secondary N) is 1. The molecular weight excluding hydrogens is 276 g/mol. The van der Waals surface area contributed by atoms with Crippen molar-refractivity contribution in [3.8, 4) is 0 Å². The molecule has 1 fully saturated rings. The van der Waals surface area contributed by atoms with Crippen molar-refractivity contribution in [2.24, 2.45) is 10.4 Å². The van der Waals surface area contributed by atoms with E-state index in [0.29, 0.717) is 5.41 Å². The summed E-state index contributed by atoms with van der Waals surface area (Å²) in [5, 5.41) is 5.12.